The van der Waals surface area contributed by atoms with Crippen LogP contribution in [0, 0.1) is 0 Å². The Morgan fingerprint density at radius 2 is 0.744 bits per heavy atom. The lowest BCUT2D eigenvalue weighted by atomic mass is 10.1. The molecule has 2 atom stereocenters. The third-order valence-electron chi connectivity index (χ3n) is 6.99. The van der Waals surface area contributed by atoms with Gasteiger partial charge in [-0.15, -0.1) is 0 Å². The average molecular weight is 775 g/mol. The number of alkyl halides is 2. The standard InChI is InChI=1S/C34H64I2O3/c1-3-37-33(29-25-21-17-13-9-5-7-11-15-19-23-27-31-35)39-34(38-4-2)30-26-22-18-14-10-6-8-12-16-20-24-28-32-36/h17-18,21-22,33-34H,3-16,19-20,23-32H2,1-2H3. The van der Waals surface area contributed by atoms with Gasteiger partial charge in [-0.3, -0.25) is 0 Å². The van der Waals surface area contributed by atoms with Crippen LogP contribution in [0.15, 0.2) is 24.3 Å². The fourth-order valence-electron chi connectivity index (χ4n) is 4.69. The molecule has 0 aromatic carbocycles. The Hall–Kier alpha value is 0.820. The van der Waals surface area contributed by atoms with Crippen LogP contribution < -0.4 is 0 Å². The molecule has 39 heavy (non-hydrogen) atoms. The molecule has 3 nitrogen and oxygen atoms in total. The third-order valence-corrected chi connectivity index (χ3v) is 8.51. The first kappa shape index (κ1) is 39.8. The van der Waals surface area contributed by atoms with Crippen molar-refractivity contribution in [2.45, 2.75) is 168 Å². The number of halogens is 2. The minimum Gasteiger partial charge on any atom is -0.353 e. The second kappa shape index (κ2) is 35.0. The number of hydrogen-bond acceptors (Lipinski definition) is 3. The summed E-state index contributed by atoms with van der Waals surface area (Å²) in [5.41, 5.74) is 0. The summed E-state index contributed by atoms with van der Waals surface area (Å²) in [5, 5.41) is 0. The Labute approximate surface area is 271 Å². The topological polar surface area (TPSA) is 27.7 Å². The van der Waals surface area contributed by atoms with Crippen molar-refractivity contribution in [3.05, 3.63) is 24.3 Å². The van der Waals surface area contributed by atoms with Gasteiger partial charge in [0.1, 0.15) is 0 Å². The Morgan fingerprint density at radius 1 is 0.436 bits per heavy atom. The van der Waals surface area contributed by atoms with Gasteiger partial charge in [0.25, 0.3) is 0 Å². The summed E-state index contributed by atoms with van der Waals surface area (Å²) >= 11 is 4.96. The summed E-state index contributed by atoms with van der Waals surface area (Å²) in [7, 11) is 0. The van der Waals surface area contributed by atoms with Crippen LogP contribution in [-0.2, 0) is 14.2 Å². The summed E-state index contributed by atoms with van der Waals surface area (Å²) in [6, 6.07) is 0. The zero-order valence-corrected chi connectivity index (χ0v) is 30.1. The number of rotatable bonds is 32. The minimum absolute atomic E-state index is 0.186. The maximum atomic E-state index is 6.23. The zero-order chi connectivity index (χ0) is 28.5. The second-order valence-corrected chi connectivity index (χ2v) is 12.8. The molecule has 5 heteroatoms. The predicted octanol–water partition coefficient (Wildman–Crippen LogP) is 12.3. The van der Waals surface area contributed by atoms with Crippen molar-refractivity contribution in [2.24, 2.45) is 0 Å². The summed E-state index contributed by atoms with van der Waals surface area (Å²) in [5.74, 6) is 0. The fourth-order valence-corrected chi connectivity index (χ4v) is 5.77. The van der Waals surface area contributed by atoms with Crippen molar-refractivity contribution in [3.63, 3.8) is 0 Å². The molecule has 0 radical (unpaired) electrons. The van der Waals surface area contributed by atoms with Crippen LogP contribution in [0.1, 0.15) is 155 Å². The highest BCUT2D eigenvalue weighted by molar-refractivity contribution is 14.1. The van der Waals surface area contributed by atoms with Gasteiger partial charge in [-0.1, -0.05) is 147 Å². The molecule has 0 aliphatic rings. The van der Waals surface area contributed by atoms with E-state index in [1.165, 1.54) is 124 Å². The van der Waals surface area contributed by atoms with Crippen molar-refractivity contribution >= 4 is 45.2 Å². The Morgan fingerprint density at radius 3 is 1.08 bits per heavy atom. The predicted molar refractivity (Wildman–Crippen MR) is 190 cm³/mol. The van der Waals surface area contributed by atoms with Gasteiger partial charge in [0, 0.05) is 26.1 Å². The molecule has 232 valence electrons. The third kappa shape index (κ3) is 31.6. The first-order valence-electron chi connectivity index (χ1n) is 16.6. The van der Waals surface area contributed by atoms with E-state index in [0.717, 1.165) is 25.7 Å². The molecule has 0 rings (SSSR count). The molecule has 0 saturated heterocycles. The normalized spacial score (nSPS) is 13.6. The lowest BCUT2D eigenvalue weighted by Crippen LogP contribution is -2.27. The van der Waals surface area contributed by atoms with Crippen molar-refractivity contribution in [2.75, 3.05) is 22.1 Å². The molecule has 0 spiro atoms. The molecule has 0 saturated carbocycles. The second-order valence-electron chi connectivity index (χ2n) is 10.6. The minimum atomic E-state index is -0.186. The van der Waals surface area contributed by atoms with Gasteiger partial charge in [-0.05, 0) is 74.1 Å². The molecule has 0 N–H and O–H groups in total. The van der Waals surface area contributed by atoms with E-state index < -0.39 is 0 Å². The highest BCUT2D eigenvalue weighted by Crippen LogP contribution is 2.16. The van der Waals surface area contributed by atoms with Crippen LogP contribution in [0.4, 0.5) is 0 Å². The molecular weight excluding hydrogens is 710 g/mol. The van der Waals surface area contributed by atoms with E-state index in [1.54, 1.807) is 0 Å². The molecule has 0 aromatic rings. The first-order chi connectivity index (χ1) is 19.3. The summed E-state index contributed by atoms with van der Waals surface area (Å²) in [6.45, 7) is 5.42. The maximum absolute atomic E-state index is 6.23. The molecule has 0 amide bonds. The van der Waals surface area contributed by atoms with Crippen LogP contribution in [0.25, 0.3) is 0 Å². The quantitative estimate of drug-likeness (QED) is 0.0224. The highest BCUT2D eigenvalue weighted by Gasteiger charge is 2.16. The van der Waals surface area contributed by atoms with Crippen molar-refractivity contribution < 1.29 is 14.2 Å². The number of ether oxygens (including phenoxy) is 3. The van der Waals surface area contributed by atoms with E-state index in [-0.39, 0.29) is 12.6 Å². The maximum Gasteiger partial charge on any atom is 0.161 e. The van der Waals surface area contributed by atoms with Crippen LogP contribution in [0.2, 0.25) is 0 Å². The smallest absolute Gasteiger partial charge is 0.161 e. The molecule has 0 heterocycles. The van der Waals surface area contributed by atoms with E-state index in [1.807, 2.05) is 13.8 Å². The largest absolute Gasteiger partial charge is 0.353 e. The molecule has 0 aliphatic heterocycles. The first-order valence-corrected chi connectivity index (χ1v) is 19.6. The van der Waals surface area contributed by atoms with E-state index >= 15 is 0 Å². The van der Waals surface area contributed by atoms with Gasteiger partial charge < -0.3 is 14.2 Å². The van der Waals surface area contributed by atoms with Crippen molar-refractivity contribution in [1.29, 1.82) is 0 Å². The summed E-state index contributed by atoms with van der Waals surface area (Å²) in [4.78, 5) is 0. The molecule has 0 fully saturated rings. The van der Waals surface area contributed by atoms with Gasteiger partial charge in [0.2, 0.25) is 0 Å². The zero-order valence-electron chi connectivity index (χ0n) is 25.8. The van der Waals surface area contributed by atoms with Crippen LogP contribution in [0.5, 0.6) is 0 Å². The van der Waals surface area contributed by atoms with E-state index in [0.29, 0.717) is 13.2 Å². The summed E-state index contributed by atoms with van der Waals surface area (Å²) < 4.78 is 20.6. The van der Waals surface area contributed by atoms with Crippen LogP contribution in [-0.4, -0.2) is 34.6 Å². The Balaban J connectivity index is 3.92. The lowest BCUT2D eigenvalue weighted by Gasteiger charge is -2.24. The van der Waals surface area contributed by atoms with Crippen molar-refractivity contribution in [1.82, 2.24) is 0 Å². The lowest BCUT2D eigenvalue weighted by molar-refractivity contribution is -0.246. The molecule has 0 bridgehead atoms. The SMILES string of the molecule is CCOC(CCC=CCCCCCCCCCCI)OC(CCC=CCCCCCCCCCCI)OCC. The monoisotopic (exact) mass is 774 g/mol. The fraction of sp³-hybridized carbons (Fsp3) is 0.882. The number of unbranched alkanes of at least 4 members (excludes halogenated alkanes) is 16. The van der Waals surface area contributed by atoms with Gasteiger partial charge in [-0.2, -0.15) is 0 Å². The molecule has 2 unspecified atom stereocenters. The van der Waals surface area contributed by atoms with Gasteiger partial charge >= 0.3 is 0 Å². The molecule has 0 aromatic heterocycles. The van der Waals surface area contributed by atoms with E-state index in [9.17, 15) is 0 Å². The van der Waals surface area contributed by atoms with Crippen molar-refractivity contribution in [3.8, 4) is 0 Å². The van der Waals surface area contributed by atoms with E-state index in [4.69, 9.17) is 14.2 Å². The van der Waals surface area contributed by atoms with Gasteiger partial charge in [-0.25, -0.2) is 0 Å². The number of allylic oxidation sites excluding steroid dienone is 4. The van der Waals surface area contributed by atoms with E-state index in [2.05, 4.69) is 69.5 Å². The van der Waals surface area contributed by atoms with Gasteiger partial charge in [0.05, 0.1) is 0 Å². The Bertz CT molecular complexity index is 469. The van der Waals surface area contributed by atoms with Crippen LogP contribution in [0.3, 0.4) is 0 Å². The molecule has 0 aliphatic carbocycles. The van der Waals surface area contributed by atoms with Crippen LogP contribution >= 0.6 is 45.2 Å². The van der Waals surface area contributed by atoms with Gasteiger partial charge in [0.15, 0.2) is 12.6 Å². The summed E-state index contributed by atoms with van der Waals surface area (Å²) in [6.07, 6.45) is 37.4. The number of hydrogen-bond donors (Lipinski definition) is 0. The Kier molecular flexibility index (Phi) is 35.8. The molecular formula is C34H64I2O3. The average Bonchev–Trinajstić information content (AvgIpc) is 2.94. The highest BCUT2D eigenvalue weighted by atomic mass is 127.